The van der Waals surface area contributed by atoms with Crippen molar-refractivity contribution < 1.29 is 0 Å². The summed E-state index contributed by atoms with van der Waals surface area (Å²) in [6, 6.07) is 4.65. The van der Waals surface area contributed by atoms with Crippen LogP contribution in [0.2, 0.25) is 0 Å². The Morgan fingerprint density at radius 1 is 1.59 bits per heavy atom. The fourth-order valence-corrected chi connectivity index (χ4v) is 1.99. The molecule has 2 N–H and O–H groups in total. The van der Waals surface area contributed by atoms with Gasteiger partial charge in [-0.1, -0.05) is 0 Å². The normalized spacial score (nSPS) is 17.8. The van der Waals surface area contributed by atoms with Crippen LogP contribution in [0.15, 0.2) is 18.5 Å². The Labute approximate surface area is 103 Å². The largest absolute Gasteiger partial charge is 0.354 e. The monoisotopic (exact) mass is 231 g/mol. The Morgan fingerprint density at radius 3 is 2.88 bits per heavy atom. The number of aryl methyl sites for hydroxylation is 1. The fraction of sp³-hybridized carbons (Fsp3) is 0.643. The molecule has 2 rings (SSSR count). The quantitative estimate of drug-likeness (QED) is 0.847. The molecule has 1 heterocycles. The number of nitrogens with zero attached hydrogens (tertiary/aromatic N) is 2. The van der Waals surface area contributed by atoms with Gasteiger partial charge in [-0.15, -0.1) is 0 Å². The summed E-state index contributed by atoms with van der Waals surface area (Å²) in [7, 11) is 0. The molecule has 1 saturated carbocycles. The lowest BCUT2D eigenvalue weighted by Crippen LogP contribution is -2.13. The van der Waals surface area contributed by atoms with E-state index in [9.17, 15) is 0 Å². The van der Waals surface area contributed by atoms with Crippen molar-refractivity contribution >= 4 is 0 Å². The summed E-state index contributed by atoms with van der Waals surface area (Å²) >= 11 is 0. The lowest BCUT2D eigenvalue weighted by atomic mass is 9.91. The van der Waals surface area contributed by atoms with E-state index < -0.39 is 0 Å². The second-order valence-electron chi connectivity index (χ2n) is 5.79. The van der Waals surface area contributed by atoms with Gasteiger partial charge in [-0.05, 0) is 50.7 Å². The molecule has 0 radical (unpaired) electrons. The molecule has 3 nitrogen and oxygen atoms in total. The van der Waals surface area contributed by atoms with Crippen molar-refractivity contribution in [3.63, 3.8) is 0 Å². The SMILES string of the molecule is CC(C)(C#N)CCn1ccc(C(N)C2CC2)c1. The number of rotatable bonds is 5. The Hall–Kier alpha value is -1.27. The molecule has 1 atom stereocenters. The van der Waals surface area contributed by atoms with Crippen molar-refractivity contribution in [3.05, 3.63) is 24.0 Å². The Bertz CT molecular complexity index is 421. The van der Waals surface area contributed by atoms with Crippen molar-refractivity contribution in [1.29, 1.82) is 5.26 Å². The molecular formula is C14H21N3. The highest BCUT2D eigenvalue weighted by Gasteiger charge is 2.29. The number of hydrogen-bond donors (Lipinski definition) is 1. The molecule has 0 bridgehead atoms. The van der Waals surface area contributed by atoms with E-state index in [-0.39, 0.29) is 11.5 Å². The molecule has 3 heteroatoms. The van der Waals surface area contributed by atoms with Gasteiger partial charge in [-0.3, -0.25) is 0 Å². The van der Waals surface area contributed by atoms with E-state index in [2.05, 4.69) is 29.1 Å². The van der Waals surface area contributed by atoms with Gasteiger partial charge in [0, 0.05) is 25.0 Å². The molecule has 1 unspecified atom stereocenters. The second kappa shape index (κ2) is 4.54. The minimum absolute atomic E-state index is 0.209. The zero-order valence-corrected chi connectivity index (χ0v) is 10.7. The highest BCUT2D eigenvalue weighted by Crippen LogP contribution is 2.39. The second-order valence-corrected chi connectivity index (χ2v) is 5.79. The lowest BCUT2D eigenvalue weighted by Gasteiger charge is -2.15. The maximum atomic E-state index is 8.97. The first-order valence-electron chi connectivity index (χ1n) is 6.34. The Balaban J connectivity index is 1.92. The predicted octanol–water partition coefficient (Wildman–Crippen LogP) is 2.84. The molecule has 1 aliphatic carbocycles. The third-order valence-corrected chi connectivity index (χ3v) is 3.59. The van der Waals surface area contributed by atoms with Crippen molar-refractivity contribution in [2.45, 2.75) is 45.7 Å². The first-order chi connectivity index (χ1) is 8.02. The molecule has 0 saturated heterocycles. The highest BCUT2D eigenvalue weighted by molar-refractivity contribution is 5.17. The van der Waals surface area contributed by atoms with Crippen LogP contribution in [0.4, 0.5) is 0 Å². The van der Waals surface area contributed by atoms with Gasteiger partial charge in [0.2, 0.25) is 0 Å². The molecule has 1 aliphatic rings. The summed E-state index contributed by atoms with van der Waals surface area (Å²) < 4.78 is 2.15. The van der Waals surface area contributed by atoms with Crippen LogP contribution in [0.3, 0.4) is 0 Å². The average molecular weight is 231 g/mol. The molecule has 92 valence electrons. The minimum Gasteiger partial charge on any atom is -0.354 e. The number of nitriles is 1. The third-order valence-electron chi connectivity index (χ3n) is 3.59. The first kappa shape index (κ1) is 12.2. The van der Waals surface area contributed by atoms with Crippen molar-refractivity contribution in [2.24, 2.45) is 17.1 Å². The minimum atomic E-state index is -0.247. The molecule has 1 aromatic heterocycles. The van der Waals surface area contributed by atoms with Gasteiger partial charge in [0.15, 0.2) is 0 Å². The first-order valence-corrected chi connectivity index (χ1v) is 6.34. The van der Waals surface area contributed by atoms with Crippen LogP contribution >= 0.6 is 0 Å². The van der Waals surface area contributed by atoms with Crippen LogP contribution in [0.25, 0.3) is 0 Å². The van der Waals surface area contributed by atoms with E-state index in [1.54, 1.807) is 0 Å². The van der Waals surface area contributed by atoms with Crippen LogP contribution in [0.1, 0.15) is 44.7 Å². The molecule has 0 aromatic carbocycles. The van der Waals surface area contributed by atoms with E-state index >= 15 is 0 Å². The van der Waals surface area contributed by atoms with Gasteiger partial charge >= 0.3 is 0 Å². The standard InChI is InChI=1S/C14H21N3/c1-14(2,10-15)6-8-17-7-5-12(9-17)13(16)11-3-4-11/h5,7,9,11,13H,3-4,6,8,16H2,1-2H3. The van der Waals surface area contributed by atoms with Crippen LogP contribution in [0.5, 0.6) is 0 Å². The summed E-state index contributed by atoms with van der Waals surface area (Å²) in [6.07, 6.45) is 7.62. The van der Waals surface area contributed by atoms with Crippen LogP contribution in [-0.4, -0.2) is 4.57 Å². The summed E-state index contributed by atoms with van der Waals surface area (Å²) in [5.41, 5.74) is 7.15. The van der Waals surface area contributed by atoms with Crippen molar-refractivity contribution in [3.8, 4) is 6.07 Å². The van der Waals surface area contributed by atoms with Crippen LogP contribution < -0.4 is 5.73 Å². The summed E-state index contributed by atoms with van der Waals surface area (Å²) in [4.78, 5) is 0. The molecule has 1 fully saturated rings. The van der Waals surface area contributed by atoms with E-state index in [4.69, 9.17) is 11.0 Å². The third kappa shape index (κ3) is 3.10. The number of aromatic nitrogens is 1. The van der Waals surface area contributed by atoms with Crippen LogP contribution in [0, 0.1) is 22.7 Å². The summed E-state index contributed by atoms with van der Waals surface area (Å²) in [5.74, 6) is 0.696. The van der Waals surface area contributed by atoms with Gasteiger partial charge in [-0.25, -0.2) is 0 Å². The highest BCUT2D eigenvalue weighted by atomic mass is 14.9. The molecule has 0 aliphatic heterocycles. The van der Waals surface area contributed by atoms with Gasteiger partial charge in [0.1, 0.15) is 0 Å². The molecule has 0 amide bonds. The van der Waals surface area contributed by atoms with Gasteiger partial charge in [0.05, 0.1) is 11.5 Å². The van der Waals surface area contributed by atoms with Gasteiger partial charge in [0.25, 0.3) is 0 Å². The van der Waals surface area contributed by atoms with Crippen molar-refractivity contribution in [1.82, 2.24) is 4.57 Å². The van der Waals surface area contributed by atoms with Gasteiger partial charge in [-0.2, -0.15) is 5.26 Å². The maximum Gasteiger partial charge on any atom is 0.0684 e. The predicted molar refractivity (Wildman–Crippen MR) is 68.1 cm³/mol. The topological polar surface area (TPSA) is 54.7 Å². The summed E-state index contributed by atoms with van der Waals surface area (Å²) in [6.45, 7) is 4.85. The average Bonchev–Trinajstić information content (AvgIpc) is 3.05. The molecular weight excluding hydrogens is 210 g/mol. The van der Waals surface area contributed by atoms with E-state index in [1.165, 1.54) is 18.4 Å². The zero-order chi connectivity index (χ0) is 12.5. The maximum absolute atomic E-state index is 8.97. The lowest BCUT2D eigenvalue weighted by molar-refractivity contribution is 0.413. The van der Waals surface area contributed by atoms with E-state index in [0.717, 1.165) is 13.0 Å². The smallest absolute Gasteiger partial charge is 0.0684 e. The summed E-state index contributed by atoms with van der Waals surface area (Å²) in [5, 5.41) is 8.97. The van der Waals surface area contributed by atoms with Crippen molar-refractivity contribution in [2.75, 3.05) is 0 Å². The number of nitrogens with two attached hydrogens (primary N) is 1. The fourth-order valence-electron chi connectivity index (χ4n) is 1.99. The van der Waals surface area contributed by atoms with E-state index in [1.807, 2.05) is 13.8 Å². The zero-order valence-electron chi connectivity index (χ0n) is 10.7. The molecule has 0 spiro atoms. The molecule has 1 aromatic rings. The van der Waals surface area contributed by atoms with Gasteiger partial charge < -0.3 is 10.3 Å². The Morgan fingerprint density at radius 2 is 2.29 bits per heavy atom. The number of hydrogen-bond acceptors (Lipinski definition) is 2. The van der Waals surface area contributed by atoms with E-state index in [0.29, 0.717) is 5.92 Å². The molecule has 17 heavy (non-hydrogen) atoms. The Kier molecular flexibility index (Phi) is 3.26. The van der Waals surface area contributed by atoms with Crippen LogP contribution in [-0.2, 0) is 6.54 Å².